The lowest BCUT2D eigenvalue weighted by Crippen LogP contribution is -2.73. The predicted molar refractivity (Wildman–Crippen MR) is 114 cm³/mol. The number of alkyl halides is 1. The van der Waals surface area contributed by atoms with Crippen molar-refractivity contribution >= 4 is 38.6 Å². The van der Waals surface area contributed by atoms with Crippen LogP contribution >= 0.6 is 15.9 Å². The summed E-state index contributed by atoms with van der Waals surface area (Å²) in [6.07, 6.45) is 0. The van der Waals surface area contributed by atoms with Crippen molar-refractivity contribution in [2.45, 2.75) is 22.6 Å². The van der Waals surface area contributed by atoms with Gasteiger partial charge in [0, 0.05) is 11.2 Å². The number of fused-ring (bicyclic) bond motifs is 1. The molecule has 1 unspecified atom stereocenters. The summed E-state index contributed by atoms with van der Waals surface area (Å²) in [6, 6.07) is 18.2. The Morgan fingerprint density at radius 3 is 2.07 bits per heavy atom. The Bertz CT molecular complexity index is 972. The van der Waals surface area contributed by atoms with Crippen LogP contribution in [0.15, 0.2) is 71.9 Å². The van der Waals surface area contributed by atoms with Crippen LogP contribution in [0.4, 0.5) is 0 Å². The second kappa shape index (κ2) is 7.85. The molecular weight excluding hydrogens is 456 g/mol. The molecule has 1 saturated heterocycles. The first-order valence-electron chi connectivity index (χ1n) is 9.07. The minimum absolute atomic E-state index is 0.111. The molecule has 29 heavy (non-hydrogen) atoms. The third-order valence-corrected chi connectivity index (χ3v) is 8.07. The molecule has 6 nitrogen and oxygen atoms in total. The number of hydrogen-bond donors (Lipinski definition) is 2. The monoisotopic (exact) mass is 474 g/mol. The van der Waals surface area contributed by atoms with Gasteiger partial charge in [0.25, 0.3) is 0 Å². The van der Waals surface area contributed by atoms with E-state index in [2.05, 4.69) is 15.9 Å². The highest BCUT2D eigenvalue weighted by Gasteiger charge is 2.58. The van der Waals surface area contributed by atoms with Gasteiger partial charge in [0.15, 0.2) is 0 Å². The lowest BCUT2D eigenvalue weighted by molar-refractivity contribution is -0.148. The number of benzene rings is 2. The number of β-lactam (4-membered cyclic amide) rings is 1. The van der Waals surface area contributed by atoms with Crippen LogP contribution in [-0.4, -0.2) is 48.1 Å². The van der Waals surface area contributed by atoms with E-state index in [0.717, 1.165) is 16.0 Å². The maximum absolute atomic E-state index is 13.7. The first-order chi connectivity index (χ1) is 14.0. The minimum atomic E-state index is -1.59. The zero-order valence-corrected chi connectivity index (χ0v) is 17.7. The molecule has 2 aliphatic rings. The van der Waals surface area contributed by atoms with Crippen molar-refractivity contribution in [1.29, 1.82) is 0 Å². The van der Waals surface area contributed by atoms with Crippen molar-refractivity contribution in [2.24, 2.45) is 5.73 Å². The maximum atomic E-state index is 13.7. The molecule has 0 aliphatic carbocycles. The van der Waals surface area contributed by atoms with E-state index in [0.29, 0.717) is 5.57 Å². The molecule has 8 heteroatoms. The molecule has 2 aromatic carbocycles. The Kier molecular flexibility index (Phi) is 5.42. The summed E-state index contributed by atoms with van der Waals surface area (Å²) >= 11 is 3.38. The average Bonchev–Trinajstić information content (AvgIpc) is 2.75. The molecule has 3 N–H and O–H groups in total. The van der Waals surface area contributed by atoms with Gasteiger partial charge in [0.2, 0.25) is 5.91 Å². The van der Waals surface area contributed by atoms with E-state index in [-0.39, 0.29) is 16.9 Å². The van der Waals surface area contributed by atoms with E-state index in [1.807, 2.05) is 60.7 Å². The number of nitrogens with two attached hydrogens (primary N) is 1. The third-order valence-electron chi connectivity index (χ3n) is 5.43. The van der Waals surface area contributed by atoms with Crippen LogP contribution in [0.25, 0.3) is 0 Å². The smallest absolute Gasteiger partial charge is 0.352 e. The molecule has 2 aromatic rings. The Labute approximate surface area is 179 Å². The number of carbonyl (C=O) groups excluding carboxylic acids is 1. The molecule has 4 atom stereocenters. The number of carboxylic acids is 1. The van der Waals surface area contributed by atoms with Crippen LogP contribution in [0.2, 0.25) is 0 Å². The van der Waals surface area contributed by atoms with E-state index in [9.17, 15) is 18.9 Å². The van der Waals surface area contributed by atoms with Gasteiger partial charge in [0.1, 0.15) is 17.1 Å². The van der Waals surface area contributed by atoms with Crippen molar-refractivity contribution in [3.63, 3.8) is 0 Å². The largest absolute Gasteiger partial charge is 0.477 e. The quantitative estimate of drug-likeness (QED) is 0.510. The summed E-state index contributed by atoms with van der Waals surface area (Å²) < 4.78 is 13.7. The van der Waals surface area contributed by atoms with Gasteiger partial charge in [-0.3, -0.25) is 13.9 Å². The lowest BCUT2D eigenvalue weighted by Gasteiger charge is -2.51. The van der Waals surface area contributed by atoms with E-state index in [1.54, 1.807) is 0 Å². The highest BCUT2D eigenvalue weighted by atomic mass is 79.9. The summed E-state index contributed by atoms with van der Waals surface area (Å²) in [6.45, 7) is 0. The fourth-order valence-electron chi connectivity index (χ4n) is 4.13. The molecule has 150 valence electrons. The summed E-state index contributed by atoms with van der Waals surface area (Å²) in [5, 5.41) is 8.60. The first kappa shape index (κ1) is 20.0. The van der Waals surface area contributed by atoms with Crippen molar-refractivity contribution in [3.8, 4) is 0 Å². The summed E-state index contributed by atoms with van der Waals surface area (Å²) in [5.41, 5.74) is 8.12. The van der Waals surface area contributed by atoms with E-state index in [4.69, 9.17) is 5.73 Å². The van der Waals surface area contributed by atoms with Crippen LogP contribution in [0.1, 0.15) is 17.0 Å². The molecule has 4 rings (SSSR count). The Morgan fingerprint density at radius 1 is 1.10 bits per heavy atom. The fourth-order valence-corrected chi connectivity index (χ4v) is 7.14. The number of nitrogens with zero attached hydrogens (tertiary/aromatic N) is 1. The van der Waals surface area contributed by atoms with Crippen LogP contribution in [0.3, 0.4) is 0 Å². The van der Waals surface area contributed by atoms with Crippen molar-refractivity contribution in [2.75, 3.05) is 5.33 Å². The molecule has 2 aliphatic heterocycles. The molecule has 0 aromatic heterocycles. The number of halogens is 1. The zero-order valence-electron chi connectivity index (χ0n) is 15.3. The standard InChI is InChI=1S/C21H19BrN2O4S/c22-11-14-17(21(26)27)24-19(25)16(23)20(24)29(28)18(14)15(12-7-3-1-4-8-12)13-9-5-2-6-10-13/h1-10,15-16,18,20H,11,23H2,(H,26,27)/t16-,18?,20-,29+/m1/s1. The SMILES string of the molecule is N[C@@H]1C(=O)N2C(C(=O)O)=C(CBr)C(C(c3ccccc3)c3ccccc3)[S@](=O)[C@H]12. The van der Waals surface area contributed by atoms with Crippen LogP contribution < -0.4 is 5.73 Å². The summed E-state index contributed by atoms with van der Waals surface area (Å²) in [5.74, 6) is -2.06. The predicted octanol–water partition coefficient (Wildman–Crippen LogP) is 2.18. The Balaban J connectivity index is 1.95. The molecule has 1 amide bonds. The van der Waals surface area contributed by atoms with Crippen LogP contribution in [0, 0.1) is 0 Å². The second-order valence-electron chi connectivity index (χ2n) is 6.99. The molecule has 2 heterocycles. The van der Waals surface area contributed by atoms with Gasteiger partial charge in [-0.2, -0.15) is 0 Å². The van der Waals surface area contributed by atoms with Crippen LogP contribution in [0.5, 0.6) is 0 Å². The van der Waals surface area contributed by atoms with Crippen molar-refractivity contribution in [1.82, 2.24) is 4.90 Å². The number of aliphatic carboxylic acids is 1. The molecular formula is C21H19BrN2O4S. The summed E-state index contributed by atoms with van der Waals surface area (Å²) in [4.78, 5) is 25.5. The number of hydrogen-bond acceptors (Lipinski definition) is 4. The van der Waals surface area contributed by atoms with Gasteiger partial charge >= 0.3 is 5.97 Å². The summed E-state index contributed by atoms with van der Waals surface area (Å²) in [7, 11) is -1.59. The van der Waals surface area contributed by atoms with Gasteiger partial charge in [-0.05, 0) is 16.7 Å². The molecule has 1 fully saturated rings. The second-order valence-corrected chi connectivity index (χ2v) is 9.19. The maximum Gasteiger partial charge on any atom is 0.352 e. The first-order valence-corrected chi connectivity index (χ1v) is 11.5. The van der Waals surface area contributed by atoms with Crippen molar-refractivity contribution < 1.29 is 18.9 Å². The number of amides is 1. The number of carbonyl (C=O) groups is 2. The highest BCUT2D eigenvalue weighted by Crippen LogP contribution is 2.45. The van der Waals surface area contributed by atoms with Gasteiger partial charge in [-0.25, -0.2) is 4.79 Å². The minimum Gasteiger partial charge on any atom is -0.477 e. The number of carboxylic acid groups (broad SMARTS) is 1. The third kappa shape index (κ3) is 3.15. The van der Waals surface area contributed by atoms with Gasteiger partial charge < -0.3 is 10.8 Å². The van der Waals surface area contributed by atoms with E-state index < -0.39 is 39.3 Å². The normalized spacial score (nSPS) is 26.3. The van der Waals surface area contributed by atoms with E-state index >= 15 is 0 Å². The topological polar surface area (TPSA) is 101 Å². The number of rotatable bonds is 5. The molecule has 0 radical (unpaired) electrons. The lowest BCUT2D eigenvalue weighted by atomic mass is 9.84. The molecule has 0 spiro atoms. The Morgan fingerprint density at radius 2 is 1.62 bits per heavy atom. The highest BCUT2D eigenvalue weighted by molar-refractivity contribution is 9.09. The average molecular weight is 475 g/mol. The molecule has 0 saturated carbocycles. The molecule has 0 bridgehead atoms. The van der Waals surface area contributed by atoms with Crippen LogP contribution in [-0.2, 0) is 20.4 Å². The fraction of sp³-hybridized carbons (Fsp3) is 0.238. The van der Waals surface area contributed by atoms with E-state index in [1.165, 1.54) is 0 Å². The van der Waals surface area contributed by atoms with Gasteiger partial charge in [-0.1, -0.05) is 76.6 Å². The van der Waals surface area contributed by atoms with Gasteiger partial charge in [0.05, 0.1) is 16.0 Å². The zero-order chi connectivity index (χ0) is 20.7. The Hall–Kier alpha value is -2.29. The van der Waals surface area contributed by atoms with Crippen molar-refractivity contribution in [3.05, 3.63) is 83.1 Å². The van der Waals surface area contributed by atoms with Gasteiger partial charge in [-0.15, -0.1) is 0 Å².